The van der Waals surface area contributed by atoms with Gasteiger partial charge in [0.1, 0.15) is 6.04 Å². The minimum Gasteiger partial charge on any atom is -0.464 e. The largest absolute Gasteiger partial charge is 0.464 e. The molecule has 0 fully saturated rings. The molecule has 88 valence electrons. The van der Waals surface area contributed by atoms with Gasteiger partial charge in [0, 0.05) is 11.4 Å². The molecule has 0 amide bonds. The third kappa shape index (κ3) is 3.49. The highest BCUT2D eigenvalue weighted by Gasteiger charge is 2.14. The number of ether oxygens (including phenoxy) is 1. The molecule has 0 bridgehead atoms. The van der Waals surface area contributed by atoms with Crippen molar-refractivity contribution in [2.75, 3.05) is 11.9 Å². The summed E-state index contributed by atoms with van der Waals surface area (Å²) in [5.41, 5.74) is 1.73. The van der Waals surface area contributed by atoms with Crippen molar-refractivity contribution in [3.8, 4) is 0 Å². The third-order valence-electron chi connectivity index (χ3n) is 1.97. The van der Waals surface area contributed by atoms with Crippen LogP contribution in [0.15, 0.2) is 6.07 Å². The van der Waals surface area contributed by atoms with Crippen LogP contribution < -0.4 is 5.32 Å². The molecule has 1 N–H and O–H groups in total. The number of aromatic nitrogens is 2. The van der Waals surface area contributed by atoms with E-state index in [1.54, 1.807) is 13.8 Å². The average Bonchev–Trinajstić information content (AvgIpc) is 2.16. The highest BCUT2D eigenvalue weighted by Crippen LogP contribution is 2.05. The van der Waals surface area contributed by atoms with E-state index < -0.39 is 6.04 Å². The monoisotopic (exact) mass is 223 g/mol. The normalized spacial score (nSPS) is 12.0. The van der Waals surface area contributed by atoms with Gasteiger partial charge in [-0.2, -0.15) is 0 Å². The molecule has 0 saturated carbocycles. The molecule has 16 heavy (non-hydrogen) atoms. The van der Waals surface area contributed by atoms with E-state index in [2.05, 4.69) is 15.3 Å². The van der Waals surface area contributed by atoms with Gasteiger partial charge in [0.05, 0.1) is 6.61 Å². The fraction of sp³-hybridized carbons (Fsp3) is 0.545. The van der Waals surface area contributed by atoms with Crippen LogP contribution in [0.4, 0.5) is 5.95 Å². The van der Waals surface area contributed by atoms with Gasteiger partial charge >= 0.3 is 5.97 Å². The number of aryl methyl sites for hydroxylation is 2. The topological polar surface area (TPSA) is 64.1 Å². The van der Waals surface area contributed by atoms with Crippen molar-refractivity contribution < 1.29 is 9.53 Å². The highest BCUT2D eigenvalue weighted by molar-refractivity contribution is 5.78. The summed E-state index contributed by atoms with van der Waals surface area (Å²) in [4.78, 5) is 19.7. The quantitative estimate of drug-likeness (QED) is 0.783. The zero-order valence-corrected chi connectivity index (χ0v) is 10.1. The first-order valence-corrected chi connectivity index (χ1v) is 5.28. The Hall–Kier alpha value is -1.65. The van der Waals surface area contributed by atoms with Crippen molar-refractivity contribution in [3.05, 3.63) is 17.5 Å². The number of rotatable bonds is 4. The number of carbonyl (C=O) groups is 1. The molecule has 1 aromatic rings. The maximum absolute atomic E-state index is 11.4. The molecular weight excluding hydrogens is 206 g/mol. The Labute approximate surface area is 95.3 Å². The summed E-state index contributed by atoms with van der Waals surface area (Å²) in [6.07, 6.45) is 0. The highest BCUT2D eigenvalue weighted by atomic mass is 16.5. The van der Waals surface area contributed by atoms with Gasteiger partial charge in [-0.1, -0.05) is 0 Å². The molecule has 1 aromatic heterocycles. The lowest BCUT2D eigenvalue weighted by Gasteiger charge is -2.12. The Balaban J connectivity index is 2.69. The molecule has 0 saturated heterocycles. The summed E-state index contributed by atoms with van der Waals surface area (Å²) in [6.45, 7) is 7.64. The second-order valence-electron chi connectivity index (χ2n) is 3.59. The molecule has 0 radical (unpaired) electrons. The second-order valence-corrected chi connectivity index (χ2v) is 3.59. The van der Waals surface area contributed by atoms with E-state index in [4.69, 9.17) is 4.74 Å². The van der Waals surface area contributed by atoms with Crippen molar-refractivity contribution in [1.82, 2.24) is 9.97 Å². The molecule has 0 spiro atoms. The fourth-order valence-electron chi connectivity index (χ4n) is 1.31. The molecule has 0 aliphatic rings. The molecule has 1 atom stereocenters. The van der Waals surface area contributed by atoms with E-state index in [0.29, 0.717) is 12.6 Å². The van der Waals surface area contributed by atoms with E-state index >= 15 is 0 Å². The van der Waals surface area contributed by atoms with Crippen molar-refractivity contribution in [2.24, 2.45) is 0 Å². The molecule has 1 unspecified atom stereocenters. The predicted molar refractivity (Wildman–Crippen MR) is 61.2 cm³/mol. The summed E-state index contributed by atoms with van der Waals surface area (Å²) >= 11 is 0. The maximum atomic E-state index is 11.4. The van der Waals surface area contributed by atoms with Crippen LogP contribution in [0, 0.1) is 13.8 Å². The standard InChI is InChI=1S/C11H17N3O2/c1-5-16-10(15)9(4)14-11-12-7(2)6-8(3)13-11/h6,9H,5H2,1-4H3,(H,12,13,14). The van der Waals surface area contributed by atoms with Crippen LogP contribution in [-0.4, -0.2) is 28.6 Å². The number of esters is 1. The lowest BCUT2D eigenvalue weighted by molar-refractivity contribution is -0.143. The third-order valence-corrected chi connectivity index (χ3v) is 1.97. The summed E-state index contributed by atoms with van der Waals surface area (Å²) < 4.78 is 4.88. The van der Waals surface area contributed by atoms with Gasteiger partial charge in [-0.25, -0.2) is 14.8 Å². The number of hydrogen-bond acceptors (Lipinski definition) is 5. The van der Waals surface area contributed by atoms with Gasteiger partial charge in [0.25, 0.3) is 0 Å². The molecule has 1 heterocycles. The van der Waals surface area contributed by atoms with E-state index in [9.17, 15) is 4.79 Å². The van der Waals surface area contributed by atoms with E-state index in [1.165, 1.54) is 0 Å². The Morgan fingerprint density at radius 2 is 2.00 bits per heavy atom. The van der Waals surface area contributed by atoms with Crippen molar-refractivity contribution in [1.29, 1.82) is 0 Å². The lowest BCUT2D eigenvalue weighted by Crippen LogP contribution is -2.29. The summed E-state index contributed by atoms with van der Waals surface area (Å²) in [5, 5.41) is 2.91. The van der Waals surface area contributed by atoms with Crippen molar-refractivity contribution in [2.45, 2.75) is 33.7 Å². The van der Waals surface area contributed by atoms with Crippen LogP contribution in [-0.2, 0) is 9.53 Å². The average molecular weight is 223 g/mol. The number of hydrogen-bond donors (Lipinski definition) is 1. The van der Waals surface area contributed by atoms with Crippen molar-refractivity contribution >= 4 is 11.9 Å². The molecule has 0 aliphatic heterocycles. The molecule has 5 nitrogen and oxygen atoms in total. The number of nitrogens with zero attached hydrogens (tertiary/aromatic N) is 2. The van der Waals surface area contributed by atoms with E-state index in [1.807, 2.05) is 19.9 Å². The van der Waals surface area contributed by atoms with Crippen LogP contribution in [0.25, 0.3) is 0 Å². The lowest BCUT2D eigenvalue weighted by atomic mass is 10.3. The summed E-state index contributed by atoms with van der Waals surface area (Å²) in [5.74, 6) is 0.156. The first-order chi connectivity index (χ1) is 7.52. The molecule has 1 rings (SSSR count). The van der Waals surface area contributed by atoms with Crippen LogP contribution in [0.3, 0.4) is 0 Å². The molecular formula is C11H17N3O2. The van der Waals surface area contributed by atoms with Crippen LogP contribution in [0.2, 0.25) is 0 Å². The smallest absolute Gasteiger partial charge is 0.328 e. The summed E-state index contributed by atoms with van der Waals surface area (Å²) in [7, 11) is 0. The van der Waals surface area contributed by atoms with Gasteiger partial charge in [0.2, 0.25) is 5.95 Å². The van der Waals surface area contributed by atoms with Gasteiger partial charge < -0.3 is 10.1 Å². The molecule has 0 aliphatic carbocycles. The number of nitrogens with one attached hydrogen (secondary N) is 1. The molecule has 0 aromatic carbocycles. The van der Waals surface area contributed by atoms with Crippen LogP contribution in [0.5, 0.6) is 0 Å². The van der Waals surface area contributed by atoms with Crippen molar-refractivity contribution in [3.63, 3.8) is 0 Å². The minimum absolute atomic E-state index is 0.301. The Morgan fingerprint density at radius 1 is 1.44 bits per heavy atom. The number of anilines is 1. The Kier molecular flexibility index (Phi) is 4.22. The van der Waals surface area contributed by atoms with Gasteiger partial charge in [-0.3, -0.25) is 0 Å². The zero-order chi connectivity index (χ0) is 12.1. The van der Waals surface area contributed by atoms with Gasteiger partial charge in [0.15, 0.2) is 0 Å². The summed E-state index contributed by atoms with van der Waals surface area (Å²) in [6, 6.07) is 1.43. The van der Waals surface area contributed by atoms with Crippen LogP contribution >= 0.6 is 0 Å². The van der Waals surface area contributed by atoms with Gasteiger partial charge in [-0.05, 0) is 33.8 Å². The first-order valence-electron chi connectivity index (χ1n) is 5.28. The SMILES string of the molecule is CCOC(=O)C(C)Nc1nc(C)cc(C)n1. The first kappa shape index (κ1) is 12.4. The Morgan fingerprint density at radius 3 is 2.50 bits per heavy atom. The van der Waals surface area contributed by atoms with Crippen LogP contribution in [0.1, 0.15) is 25.2 Å². The fourth-order valence-corrected chi connectivity index (χ4v) is 1.31. The maximum Gasteiger partial charge on any atom is 0.328 e. The minimum atomic E-state index is -0.443. The van der Waals surface area contributed by atoms with Gasteiger partial charge in [-0.15, -0.1) is 0 Å². The van der Waals surface area contributed by atoms with E-state index in [0.717, 1.165) is 11.4 Å². The predicted octanol–water partition coefficient (Wildman–Crippen LogP) is 1.46. The Bertz CT molecular complexity index is 359. The zero-order valence-electron chi connectivity index (χ0n) is 10.1. The number of carbonyl (C=O) groups excluding carboxylic acids is 1. The van der Waals surface area contributed by atoms with E-state index in [-0.39, 0.29) is 5.97 Å². The molecule has 5 heteroatoms. The second kappa shape index (κ2) is 5.44.